The Balaban J connectivity index is 0.00000529. The Bertz CT molecular complexity index is 525. The molecule has 0 aliphatic carbocycles. The van der Waals surface area contributed by atoms with Crippen LogP contribution in [0, 0.1) is 6.92 Å². The predicted molar refractivity (Wildman–Crippen MR) is 98.2 cm³/mol. The highest BCUT2D eigenvalue weighted by Gasteiger charge is 2.28. The lowest BCUT2D eigenvalue weighted by molar-refractivity contribution is -0.153. The molecule has 0 bridgehead atoms. The van der Waals surface area contributed by atoms with Gasteiger partial charge in [-0.3, -0.25) is 4.99 Å². The van der Waals surface area contributed by atoms with Crippen molar-refractivity contribution in [2.24, 2.45) is 4.99 Å². The van der Waals surface area contributed by atoms with Crippen LogP contribution in [0.2, 0.25) is 0 Å². The maximum atomic E-state index is 12.3. The van der Waals surface area contributed by atoms with E-state index < -0.39 is 12.8 Å². The molecule has 0 aromatic heterocycles. The van der Waals surface area contributed by atoms with Crippen molar-refractivity contribution in [3.8, 4) is 5.75 Å². The molecule has 0 radical (unpaired) electrons. The minimum atomic E-state index is -4.37. The first-order chi connectivity index (χ1) is 10.9. The molecule has 0 atom stereocenters. The molecular formula is C15H23F3IN3O2. The minimum absolute atomic E-state index is 0. The van der Waals surface area contributed by atoms with Crippen LogP contribution < -0.4 is 15.4 Å². The van der Waals surface area contributed by atoms with Crippen LogP contribution in [0.4, 0.5) is 13.2 Å². The van der Waals surface area contributed by atoms with Gasteiger partial charge in [0.05, 0.1) is 6.61 Å². The molecule has 9 heteroatoms. The van der Waals surface area contributed by atoms with Crippen LogP contribution in [0.15, 0.2) is 23.2 Å². The van der Waals surface area contributed by atoms with Gasteiger partial charge in [0.15, 0.2) is 12.6 Å². The van der Waals surface area contributed by atoms with Gasteiger partial charge < -0.3 is 20.1 Å². The smallest absolute Gasteiger partial charge is 0.422 e. The highest BCUT2D eigenvalue weighted by Crippen LogP contribution is 2.23. The summed E-state index contributed by atoms with van der Waals surface area (Å²) in [7, 11) is 3.20. The Hall–Kier alpha value is -1.23. The van der Waals surface area contributed by atoms with Gasteiger partial charge in [-0.15, -0.1) is 24.0 Å². The van der Waals surface area contributed by atoms with E-state index in [1.807, 2.05) is 6.07 Å². The summed E-state index contributed by atoms with van der Waals surface area (Å²) in [5.41, 5.74) is 1.45. The van der Waals surface area contributed by atoms with Gasteiger partial charge in [-0.2, -0.15) is 13.2 Å². The summed E-state index contributed by atoms with van der Waals surface area (Å²) < 4.78 is 46.8. The fourth-order valence-corrected chi connectivity index (χ4v) is 1.77. The van der Waals surface area contributed by atoms with Crippen molar-refractivity contribution >= 4 is 29.9 Å². The third-order valence-electron chi connectivity index (χ3n) is 2.88. The average molecular weight is 461 g/mol. The first-order valence-electron chi connectivity index (χ1n) is 7.08. The standard InChI is InChI=1S/C15H22F3N3O2.HI/c1-11-4-5-12(13(8-11)23-10-15(16,17)18)9-21-14(19-2)20-6-7-22-3;/h4-5,8H,6-7,9-10H2,1-3H3,(H2,19,20,21);1H. The number of hydrogen-bond donors (Lipinski definition) is 2. The average Bonchev–Trinajstić information content (AvgIpc) is 2.49. The molecule has 0 saturated carbocycles. The number of halogens is 4. The van der Waals surface area contributed by atoms with Gasteiger partial charge in [-0.05, 0) is 18.6 Å². The van der Waals surface area contributed by atoms with Gasteiger partial charge in [-0.1, -0.05) is 12.1 Å². The number of guanidine groups is 1. The van der Waals surface area contributed by atoms with Gasteiger partial charge in [0.25, 0.3) is 0 Å². The molecule has 0 amide bonds. The zero-order valence-corrected chi connectivity index (χ0v) is 16.2. The molecule has 0 aliphatic heterocycles. The van der Waals surface area contributed by atoms with E-state index in [1.54, 1.807) is 33.2 Å². The first kappa shape index (κ1) is 22.8. The van der Waals surface area contributed by atoms with E-state index in [1.165, 1.54) is 0 Å². The van der Waals surface area contributed by atoms with Crippen molar-refractivity contribution < 1.29 is 22.6 Å². The van der Waals surface area contributed by atoms with E-state index in [0.717, 1.165) is 5.56 Å². The van der Waals surface area contributed by atoms with Crippen molar-refractivity contribution in [2.75, 3.05) is 33.9 Å². The van der Waals surface area contributed by atoms with Crippen LogP contribution >= 0.6 is 24.0 Å². The molecule has 0 heterocycles. The number of aryl methyl sites for hydroxylation is 1. The van der Waals surface area contributed by atoms with Crippen LogP contribution in [-0.4, -0.2) is 46.1 Å². The summed E-state index contributed by atoms with van der Waals surface area (Å²) >= 11 is 0. The maximum Gasteiger partial charge on any atom is 0.422 e. The van der Waals surface area contributed by atoms with Gasteiger partial charge >= 0.3 is 6.18 Å². The molecular weight excluding hydrogens is 438 g/mol. The molecule has 0 spiro atoms. The summed E-state index contributed by atoms with van der Waals surface area (Å²) in [5.74, 6) is 0.742. The Kier molecular flexibility index (Phi) is 10.8. The van der Waals surface area contributed by atoms with Crippen molar-refractivity contribution in [1.29, 1.82) is 0 Å². The molecule has 0 saturated heterocycles. The largest absolute Gasteiger partial charge is 0.484 e. The quantitative estimate of drug-likeness (QED) is 0.284. The number of alkyl halides is 3. The van der Waals surface area contributed by atoms with Gasteiger partial charge in [0, 0.05) is 32.8 Å². The Labute approximate surface area is 157 Å². The summed E-state index contributed by atoms with van der Waals surface area (Å²) in [6, 6.07) is 5.14. The number of nitrogens with zero attached hydrogens (tertiary/aromatic N) is 1. The number of nitrogens with one attached hydrogen (secondary N) is 2. The van der Waals surface area contributed by atoms with Gasteiger partial charge in [0.1, 0.15) is 5.75 Å². The maximum absolute atomic E-state index is 12.3. The van der Waals surface area contributed by atoms with Gasteiger partial charge in [-0.25, -0.2) is 0 Å². The molecule has 1 rings (SSSR count). The third-order valence-corrected chi connectivity index (χ3v) is 2.88. The Morgan fingerprint density at radius 1 is 1.25 bits per heavy atom. The molecule has 0 unspecified atom stereocenters. The van der Waals surface area contributed by atoms with Crippen molar-refractivity contribution in [2.45, 2.75) is 19.6 Å². The highest BCUT2D eigenvalue weighted by atomic mass is 127. The number of hydrogen-bond acceptors (Lipinski definition) is 3. The summed E-state index contributed by atoms with van der Waals surface area (Å²) in [6.07, 6.45) is -4.37. The highest BCUT2D eigenvalue weighted by molar-refractivity contribution is 14.0. The fourth-order valence-electron chi connectivity index (χ4n) is 1.77. The second kappa shape index (κ2) is 11.3. The molecule has 5 nitrogen and oxygen atoms in total. The number of methoxy groups -OCH3 is 1. The van der Waals surface area contributed by atoms with E-state index in [4.69, 9.17) is 9.47 Å². The van der Waals surface area contributed by atoms with Gasteiger partial charge in [0.2, 0.25) is 0 Å². The monoisotopic (exact) mass is 461 g/mol. The summed E-state index contributed by atoms with van der Waals surface area (Å²) in [4.78, 5) is 4.03. The summed E-state index contributed by atoms with van der Waals surface area (Å²) in [5, 5.41) is 6.04. The summed E-state index contributed by atoms with van der Waals surface area (Å²) in [6.45, 7) is 1.86. The molecule has 0 fully saturated rings. The first-order valence-corrected chi connectivity index (χ1v) is 7.08. The normalized spacial score (nSPS) is 11.7. The Morgan fingerprint density at radius 2 is 1.96 bits per heavy atom. The van der Waals surface area contributed by atoms with Crippen LogP contribution in [0.25, 0.3) is 0 Å². The van der Waals surface area contributed by atoms with Crippen LogP contribution in [0.3, 0.4) is 0 Å². The lowest BCUT2D eigenvalue weighted by Gasteiger charge is -2.16. The zero-order valence-electron chi connectivity index (χ0n) is 13.9. The van der Waals surface area contributed by atoms with E-state index in [2.05, 4.69) is 15.6 Å². The van der Waals surface area contributed by atoms with Crippen LogP contribution in [0.1, 0.15) is 11.1 Å². The van der Waals surface area contributed by atoms with E-state index >= 15 is 0 Å². The lowest BCUT2D eigenvalue weighted by Crippen LogP contribution is -2.38. The third kappa shape index (κ3) is 9.16. The van der Waals surface area contributed by atoms with Crippen molar-refractivity contribution in [3.05, 3.63) is 29.3 Å². The minimum Gasteiger partial charge on any atom is -0.484 e. The van der Waals surface area contributed by atoms with Crippen LogP contribution in [0.5, 0.6) is 5.75 Å². The molecule has 24 heavy (non-hydrogen) atoms. The second-order valence-corrected chi connectivity index (χ2v) is 4.86. The number of ether oxygens (including phenoxy) is 2. The zero-order chi connectivity index (χ0) is 17.3. The number of aliphatic imine (C=N–C) groups is 1. The predicted octanol–water partition coefficient (Wildman–Crippen LogP) is 2.87. The van der Waals surface area contributed by atoms with E-state index in [9.17, 15) is 13.2 Å². The molecule has 1 aromatic rings. The van der Waals surface area contributed by atoms with Crippen LogP contribution in [-0.2, 0) is 11.3 Å². The number of rotatable bonds is 7. The van der Waals surface area contributed by atoms with E-state index in [0.29, 0.717) is 31.2 Å². The molecule has 1 aromatic carbocycles. The van der Waals surface area contributed by atoms with E-state index in [-0.39, 0.29) is 29.7 Å². The van der Waals surface area contributed by atoms with Crippen molar-refractivity contribution in [1.82, 2.24) is 10.6 Å². The topological polar surface area (TPSA) is 54.9 Å². The SMILES string of the molecule is CN=C(NCCOC)NCc1ccc(C)cc1OCC(F)(F)F.I. The molecule has 2 N–H and O–H groups in total. The Morgan fingerprint density at radius 3 is 2.54 bits per heavy atom. The second-order valence-electron chi connectivity index (χ2n) is 4.86. The fraction of sp³-hybridized carbons (Fsp3) is 0.533. The van der Waals surface area contributed by atoms with Crippen molar-refractivity contribution in [3.63, 3.8) is 0 Å². The molecule has 138 valence electrons. The number of benzene rings is 1. The lowest BCUT2D eigenvalue weighted by atomic mass is 10.1. The molecule has 0 aliphatic rings.